The van der Waals surface area contributed by atoms with Crippen LogP contribution in [-0.2, 0) is 11.3 Å². The summed E-state index contributed by atoms with van der Waals surface area (Å²) < 4.78 is 5.12. The summed E-state index contributed by atoms with van der Waals surface area (Å²) in [5.74, 6) is 1.64. The highest BCUT2D eigenvalue weighted by Crippen LogP contribution is 2.46. The van der Waals surface area contributed by atoms with Gasteiger partial charge in [0.05, 0.1) is 19.1 Å². The third-order valence-electron chi connectivity index (χ3n) is 6.97. The average molecular weight is 419 g/mol. The number of amides is 2. The van der Waals surface area contributed by atoms with Crippen molar-refractivity contribution in [3.8, 4) is 11.5 Å². The Balaban J connectivity index is 1.72. The summed E-state index contributed by atoms with van der Waals surface area (Å²) in [5.41, 5.74) is 0.815. The molecule has 1 saturated carbocycles. The van der Waals surface area contributed by atoms with Crippen LogP contribution in [0.2, 0.25) is 0 Å². The van der Waals surface area contributed by atoms with Crippen molar-refractivity contribution in [2.75, 3.05) is 13.7 Å². The minimum atomic E-state index is -0.937. The summed E-state index contributed by atoms with van der Waals surface area (Å²) >= 11 is 0. The largest absolute Gasteiger partial charge is 0.504 e. The van der Waals surface area contributed by atoms with Crippen molar-refractivity contribution in [2.45, 2.75) is 52.6 Å². The van der Waals surface area contributed by atoms with Crippen LogP contribution in [0.25, 0.3) is 0 Å². The number of aromatic hydroxyl groups is 1. The molecule has 1 aliphatic carbocycles. The van der Waals surface area contributed by atoms with E-state index in [1.807, 2.05) is 0 Å². The Morgan fingerprint density at radius 3 is 2.67 bits per heavy atom. The highest BCUT2D eigenvalue weighted by molar-refractivity contribution is 5.83. The minimum Gasteiger partial charge on any atom is -0.504 e. The van der Waals surface area contributed by atoms with Gasteiger partial charge in [0.15, 0.2) is 11.5 Å². The molecule has 0 spiro atoms. The molecule has 0 aromatic heterocycles. The Labute approximate surface area is 178 Å². The predicted molar refractivity (Wildman–Crippen MR) is 113 cm³/mol. The van der Waals surface area contributed by atoms with Crippen molar-refractivity contribution in [3.05, 3.63) is 23.8 Å². The zero-order valence-corrected chi connectivity index (χ0v) is 18.3. The smallest absolute Gasteiger partial charge is 0.407 e. The fourth-order valence-corrected chi connectivity index (χ4v) is 5.31. The zero-order chi connectivity index (χ0) is 22.0. The molecule has 1 aromatic rings. The van der Waals surface area contributed by atoms with Gasteiger partial charge in [0, 0.05) is 13.1 Å². The Hall–Kier alpha value is -2.44. The van der Waals surface area contributed by atoms with Crippen LogP contribution >= 0.6 is 0 Å². The first-order chi connectivity index (χ1) is 14.2. The van der Waals surface area contributed by atoms with Gasteiger partial charge in [-0.15, -0.1) is 0 Å². The highest BCUT2D eigenvalue weighted by atomic mass is 16.5. The van der Waals surface area contributed by atoms with E-state index < -0.39 is 6.09 Å². The molecule has 7 heteroatoms. The summed E-state index contributed by atoms with van der Waals surface area (Å²) in [6.07, 6.45) is 2.29. The summed E-state index contributed by atoms with van der Waals surface area (Å²) in [4.78, 5) is 26.3. The van der Waals surface area contributed by atoms with Crippen molar-refractivity contribution in [1.29, 1.82) is 0 Å². The zero-order valence-electron chi connectivity index (χ0n) is 18.3. The molecule has 1 heterocycles. The van der Waals surface area contributed by atoms with E-state index in [4.69, 9.17) is 4.74 Å². The number of hydrogen-bond acceptors (Lipinski definition) is 4. The van der Waals surface area contributed by atoms with E-state index in [1.54, 1.807) is 12.1 Å². The monoisotopic (exact) mass is 418 g/mol. The number of rotatable bonds is 6. The lowest BCUT2D eigenvalue weighted by molar-refractivity contribution is -0.138. The Bertz CT molecular complexity index is 781. The number of likely N-dealkylation sites (tertiary alicyclic amines) is 1. The van der Waals surface area contributed by atoms with Crippen LogP contribution in [0.5, 0.6) is 11.5 Å². The summed E-state index contributed by atoms with van der Waals surface area (Å²) in [6.45, 7) is 7.18. The summed E-state index contributed by atoms with van der Waals surface area (Å²) in [6, 6.07) is 4.70. The van der Waals surface area contributed by atoms with Gasteiger partial charge in [0.2, 0.25) is 5.91 Å². The molecule has 2 aliphatic rings. The van der Waals surface area contributed by atoms with Gasteiger partial charge < -0.3 is 25.2 Å². The standard InChI is InChI=1S/C23H34N2O5/c1-13(2)16-7-5-14(3)9-17(16)21-18(12-25(21)23(28)29)22(27)24-11-15-6-8-19(26)20(10-15)30-4/h6,8,10,13-14,16-18,21,26H,5,7,9,11-12H2,1-4H3,(H,24,27)(H,28,29). The fourth-order valence-electron chi connectivity index (χ4n) is 5.31. The topological polar surface area (TPSA) is 99.1 Å². The minimum absolute atomic E-state index is 0.0508. The van der Waals surface area contributed by atoms with Crippen molar-refractivity contribution in [2.24, 2.45) is 29.6 Å². The lowest BCUT2D eigenvalue weighted by atomic mass is 9.62. The van der Waals surface area contributed by atoms with Crippen molar-refractivity contribution >= 4 is 12.0 Å². The predicted octanol–water partition coefficient (Wildman–Crippen LogP) is 3.70. The molecule has 5 atom stereocenters. The number of carbonyl (C=O) groups excluding carboxylic acids is 1. The molecular formula is C23H34N2O5. The van der Waals surface area contributed by atoms with Crippen LogP contribution in [-0.4, -0.2) is 46.8 Å². The molecule has 0 radical (unpaired) electrons. The molecule has 5 unspecified atom stereocenters. The third kappa shape index (κ3) is 4.50. The fraction of sp³-hybridized carbons (Fsp3) is 0.652. The molecular weight excluding hydrogens is 384 g/mol. The van der Waals surface area contributed by atoms with Gasteiger partial charge in [0.25, 0.3) is 0 Å². The molecule has 30 heavy (non-hydrogen) atoms. The van der Waals surface area contributed by atoms with E-state index in [2.05, 4.69) is 26.1 Å². The van der Waals surface area contributed by atoms with Gasteiger partial charge in [-0.3, -0.25) is 4.79 Å². The molecule has 7 nitrogen and oxygen atoms in total. The highest BCUT2D eigenvalue weighted by Gasteiger charge is 2.52. The first kappa shape index (κ1) is 22.2. The Morgan fingerprint density at radius 1 is 1.30 bits per heavy atom. The van der Waals surface area contributed by atoms with Crippen LogP contribution in [0.4, 0.5) is 4.79 Å². The second kappa shape index (κ2) is 9.14. The number of phenols is 1. The Morgan fingerprint density at radius 2 is 2.03 bits per heavy atom. The number of carboxylic acid groups (broad SMARTS) is 1. The van der Waals surface area contributed by atoms with Crippen molar-refractivity contribution < 1.29 is 24.5 Å². The number of phenolic OH excluding ortho intramolecular Hbond substituents is 1. The maximum atomic E-state index is 13.0. The van der Waals surface area contributed by atoms with Gasteiger partial charge in [0.1, 0.15) is 0 Å². The van der Waals surface area contributed by atoms with Crippen LogP contribution < -0.4 is 10.1 Å². The molecule has 2 amide bonds. The number of benzene rings is 1. The molecule has 1 aliphatic heterocycles. The van der Waals surface area contributed by atoms with Crippen molar-refractivity contribution in [3.63, 3.8) is 0 Å². The summed E-state index contributed by atoms with van der Waals surface area (Å²) in [7, 11) is 1.48. The normalized spacial score (nSPS) is 28.7. The van der Waals surface area contributed by atoms with E-state index in [9.17, 15) is 19.8 Å². The van der Waals surface area contributed by atoms with Gasteiger partial charge in [-0.1, -0.05) is 33.3 Å². The molecule has 1 aromatic carbocycles. The number of ether oxygens (including phenoxy) is 1. The number of carbonyl (C=O) groups is 2. The van der Waals surface area contributed by atoms with Crippen LogP contribution in [0.15, 0.2) is 18.2 Å². The maximum absolute atomic E-state index is 13.0. The average Bonchev–Trinajstić information content (AvgIpc) is 2.66. The number of nitrogens with zero attached hydrogens (tertiary/aromatic N) is 1. The molecule has 3 rings (SSSR count). The molecule has 0 bridgehead atoms. The third-order valence-corrected chi connectivity index (χ3v) is 6.97. The lowest BCUT2D eigenvalue weighted by Crippen LogP contribution is -2.67. The van der Waals surface area contributed by atoms with Gasteiger partial charge in [-0.25, -0.2) is 4.79 Å². The molecule has 166 valence electrons. The number of hydrogen-bond donors (Lipinski definition) is 3. The quantitative estimate of drug-likeness (QED) is 0.654. The Kier molecular flexibility index (Phi) is 6.78. The number of methoxy groups -OCH3 is 1. The first-order valence-electron chi connectivity index (χ1n) is 10.9. The van der Waals surface area contributed by atoms with E-state index in [0.717, 1.165) is 18.4 Å². The molecule has 3 N–H and O–H groups in total. The van der Waals surface area contributed by atoms with E-state index in [-0.39, 0.29) is 36.1 Å². The second-order valence-corrected chi connectivity index (χ2v) is 9.25. The SMILES string of the molecule is COc1cc(CNC(=O)C2CN(C(=O)O)C2C2CC(C)CCC2C(C)C)ccc1O. The molecule has 2 fully saturated rings. The summed E-state index contributed by atoms with van der Waals surface area (Å²) in [5, 5.41) is 22.4. The van der Waals surface area contributed by atoms with Gasteiger partial charge in [-0.2, -0.15) is 0 Å². The lowest BCUT2D eigenvalue weighted by Gasteiger charge is -2.53. The van der Waals surface area contributed by atoms with Gasteiger partial charge in [-0.05, 0) is 54.2 Å². The van der Waals surface area contributed by atoms with E-state index >= 15 is 0 Å². The van der Waals surface area contributed by atoms with Crippen molar-refractivity contribution in [1.82, 2.24) is 10.2 Å². The van der Waals surface area contributed by atoms with Crippen LogP contribution in [0.3, 0.4) is 0 Å². The number of nitrogens with one attached hydrogen (secondary N) is 1. The first-order valence-corrected chi connectivity index (χ1v) is 10.9. The maximum Gasteiger partial charge on any atom is 0.407 e. The van der Waals surface area contributed by atoms with E-state index in [1.165, 1.54) is 24.5 Å². The van der Waals surface area contributed by atoms with Gasteiger partial charge >= 0.3 is 6.09 Å². The molecule has 1 saturated heterocycles. The van der Waals surface area contributed by atoms with Crippen LogP contribution in [0.1, 0.15) is 45.6 Å². The van der Waals surface area contributed by atoms with E-state index in [0.29, 0.717) is 30.0 Å². The van der Waals surface area contributed by atoms with Crippen LogP contribution in [0, 0.1) is 29.6 Å². The second-order valence-electron chi connectivity index (χ2n) is 9.25.